The third-order valence-electron chi connectivity index (χ3n) is 4.86. The van der Waals surface area contributed by atoms with E-state index in [1.807, 2.05) is 5.38 Å². The fraction of sp³-hybridized carbons (Fsp3) is 0.400. The summed E-state index contributed by atoms with van der Waals surface area (Å²) in [7, 11) is 0. The van der Waals surface area contributed by atoms with E-state index in [4.69, 9.17) is 21.0 Å². The van der Waals surface area contributed by atoms with Crippen LogP contribution in [0.3, 0.4) is 0 Å². The molecule has 0 radical (unpaired) electrons. The van der Waals surface area contributed by atoms with Gasteiger partial charge < -0.3 is 14.9 Å². The van der Waals surface area contributed by atoms with Gasteiger partial charge in [0, 0.05) is 29.9 Å². The summed E-state index contributed by atoms with van der Waals surface area (Å²) < 4.78 is 33.4. The van der Waals surface area contributed by atoms with Crippen LogP contribution in [0.25, 0.3) is 0 Å². The standard InChI is InChI=1S/C20H19F2N3O2S/c1-2-7-26-17-9-13(21)8-14(22)19(17)18-10-15(25-27-18)16-11-28-20(24-16)12-3-5-23-6-4-12/h1,8-9,11-12,18,23H,3-7,10H2. The number of halogens is 2. The number of thiazole rings is 1. The molecule has 4 rings (SSSR count). The van der Waals surface area contributed by atoms with Crippen LogP contribution in [0.1, 0.15) is 47.5 Å². The molecular weight excluding hydrogens is 384 g/mol. The van der Waals surface area contributed by atoms with Gasteiger partial charge in [-0.25, -0.2) is 13.8 Å². The van der Waals surface area contributed by atoms with Crippen LogP contribution in [0.2, 0.25) is 0 Å². The van der Waals surface area contributed by atoms with Gasteiger partial charge in [0.15, 0.2) is 6.10 Å². The van der Waals surface area contributed by atoms with Crippen molar-refractivity contribution >= 4 is 17.0 Å². The molecule has 0 bridgehead atoms. The predicted molar refractivity (Wildman–Crippen MR) is 103 cm³/mol. The highest BCUT2D eigenvalue weighted by Gasteiger charge is 2.31. The number of benzene rings is 1. The lowest BCUT2D eigenvalue weighted by Gasteiger charge is -2.20. The van der Waals surface area contributed by atoms with E-state index < -0.39 is 17.7 Å². The highest BCUT2D eigenvalue weighted by Crippen LogP contribution is 2.38. The minimum absolute atomic E-state index is 0.0329. The number of terminal acetylenes is 1. The summed E-state index contributed by atoms with van der Waals surface area (Å²) in [6.07, 6.45) is 6.93. The normalized spacial score (nSPS) is 19.8. The number of oxime groups is 1. The lowest BCUT2D eigenvalue weighted by molar-refractivity contribution is 0.0803. The maximum atomic E-state index is 14.4. The molecule has 0 spiro atoms. The molecule has 5 nitrogen and oxygen atoms in total. The molecule has 0 amide bonds. The number of hydrogen-bond donors (Lipinski definition) is 1. The molecule has 1 fully saturated rings. The van der Waals surface area contributed by atoms with Crippen molar-refractivity contribution in [1.29, 1.82) is 0 Å². The van der Waals surface area contributed by atoms with Crippen molar-refractivity contribution in [1.82, 2.24) is 10.3 Å². The van der Waals surface area contributed by atoms with E-state index in [-0.39, 0.29) is 17.9 Å². The molecule has 146 valence electrons. The Kier molecular flexibility index (Phi) is 5.55. The lowest BCUT2D eigenvalue weighted by Crippen LogP contribution is -2.26. The Labute approximate surface area is 165 Å². The van der Waals surface area contributed by atoms with E-state index in [0.29, 0.717) is 18.1 Å². The SMILES string of the molecule is C#CCOc1cc(F)cc(F)c1C1CC(c2csc(C3CCNCC3)n2)=NO1. The largest absolute Gasteiger partial charge is 0.480 e. The first-order chi connectivity index (χ1) is 13.7. The Morgan fingerprint density at radius 3 is 2.93 bits per heavy atom. The van der Waals surface area contributed by atoms with Gasteiger partial charge in [0.1, 0.15) is 29.7 Å². The molecule has 1 saturated heterocycles. The number of hydrogen-bond acceptors (Lipinski definition) is 6. The summed E-state index contributed by atoms with van der Waals surface area (Å²) in [5, 5.41) is 10.5. The Hall–Kier alpha value is -2.50. The van der Waals surface area contributed by atoms with E-state index in [1.54, 1.807) is 11.3 Å². The van der Waals surface area contributed by atoms with Crippen molar-refractivity contribution in [3.05, 3.63) is 45.4 Å². The quantitative estimate of drug-likeness (QED) is 0.773. The maximum Gasteiger partial charge on any atom is 0.164 e. The maximum absolute atomic E-state index is 14.4. The van der Waals surface area contributed by atoms with Crippen LogP contribution in [-0.4, -0.2) is 30.4 Å². The fourth-order valence-corrected chi connectivity index (χ4v) is 4.47. The van der Waals surface area contributed by atoms with Gasteiger partial charge >= 0.3 is 0 Å². The van der Waals surface area contributed by atoms with Crippen molar-refractivity contribution in [3.8, 4) is 18.1 Å². The Morgan fingerprint density at radius 2 is 2.14 bits per heavy atom. The zero-order chi connectivity index (χ0) is 19.5. The van der Waals surface area contributed by atoms with E-state index in [1.165, 1.54) is 0 Å². The van der Waals surface area contributed by atoms with Crippen molar-refractivity contribution in [2.45, 2.75) is 31.3 Å². The zero-order valence-electron chi connectivity index (χ0n) is 15.1. The molecule has 0 saturated carbocycles. The number of aromatic nitrogens is 1. The summed E-state index contributed by atoms with van der Waals surface area (Å²) in [5.74, 6) is 1.29. The van der Waals surface area contributed by atoms with Gasteiger partial charge in [0.25, 0.3) is 0 Å². The summed E-state index contributed by atoms with van der Waals surface area (Å²) in [5.41, 5.74) is 1.51. The Balaban J connectivity index is 1.51. The minimum atomic E-state index is -0.748. The van der Waals surface area contributed by atoms with Gasteiger partial charge in [-0.15, -0.1) is 17.8 Å². The van der Waals surface area contributed by atoms with Crippen molar-refractivity contribution in [2.24, 2.45) is 5.16 Å². The topological polar surface area (TPSA) is 55.7 Å². The molecule has 2 aliphatic rings. The lowest BCUT2D eigenvalue weighted by atomic mass is 9.99. The van der Waals surface area contributed by atoms with Crippen molar-refractivity contribution in [3.63, 3.8) is 0 Å². The second-order valence-electron chi connectivity index (χ2n) is 6.72. The van der Waals surface area contributed by atoms with Crippen LogP contribution in [0.4, 0.5) is 8.78 Å². The highest BCUT2D eigenvalue weighted by atomic mass is 32.1. The van der Waals surface area contributed by atoms with Crippen LogP contribution < -0.4 is 10.1 Å². The fourth-order valence-electron chi connectivity index (χ4n) is 3.47. The molecule has 1 unspecified atom stereocenters. The van der Waals surface area contributed by atoms with Crippen molar-refractivity contribution in [2.75, 3.05) is 19.7 Å². The summed E-state index contributed by atoms with van der Waals surface area (Å²) in [6, 6.07) is 1.91. The second-order valence-corrected chi connectivity index (χ2v) is 7.61. The number of rotatable bonds is 5. The predicted octanol–water partition coefficient (Wildman–Crippen LogP) is 3.77. The van der Waals surface area contributed by atoms with Crippen LogP contribution >= 0.6 is 11.3 Å². The van der Waals surface area contributed by atoms with Crippen LogP contribution in [0.15, 0.2) is 22.7 Å². The minimum Gasteiger partial charge on any atom is -0.480 e. The molecule has 8 heteroatoms. The third kappa shape index (κ3) is 3.86. The first kappa shape index (κ1) is 18.8. The zero-order valence-corrected chi connectivity index (χ0v) is 15.9. The smallest absolute Gasteiger partial charge is 0.164 e. The number of ether oxygens (including phenoxy) is 1. The average molecular weight is 403 g/mol. The first-order valence-electron chi connectivity index (χ1n) is 9.10. The molecule has 1 N–H and O–H groups in total. The third-order valence-corrected chi connectivity index (χ3v) is 5.87. The molecule has 1 atom stereocenters. The molecule has 2 aromatic rings. The molecule has 1 aromatic carbocycles. The molecule has 28 heavy (non-hydrogen) atoms. The van der Waals surface area contributed by atoms with Crippen LogP contribution in [0.5, 0.6) is 5.75 Å². The molecule has 2 aliphatic heterocycles. The molecule has 3 heterocycles. The molecule has 1 aromatic heterocycles. The van der Waals surface area contributed by atoms with E-state index in [0.717, 1.165) is 48.8 Å². The average Bonchev–Trinajstić information content (AvgIpc) is 3.36. The van der Waals surface area contributed by atoms with Gasteiger partial charge in [0.05, 0.1) is 16.3 Å². The van der Waals surface area contributed by atoms with Crippen LogP contribution in [0, 0.1) is 24.0 Å². The van der Waals surface area contributed by atoms with Gasteiger partial charge in [-0.05, 0) is 25.9 Å². The first-order valence-corrected chi connectivity index (χ1v) is 9.98. The molecular formula is C20H19F2N3O2S. The van der Waals surface area contributed by atoms with Crippen molar-refractivity contribution < 1.29 is 18.4 Å². The van der Waals surface area contributed by atoms with Gasteiger partial charge in [-0.3, -0.25) is 0 Å². The summed E-state index contributed by atoms with van der Waals surface area (Å²) in [6.45, 7) is 1.90. The second kappa shape index (κ2) is 8.25. The Morgan fingerprint density at radius 1 is 1.32 bits per heavy atom. The number of nitrogens with one attached hydrogen (secondary N) is 1. The monoisotopic (exact) mass is 403 g/mol. The van der Waals surface area contributed by atoms with E-state index in [2.05, 4.69) is 16.4 Å². The van der Waals surface area contributed by atoms with Gasteiger partial charge in [-0.2, -0.15) is 0 Å². The van der Waals surface area contributed by atoms with E-state index >= 15 is 0 Å². The van der Waals surface area contributed by atoms with Crippen LogP contribution in [-0.2, 0) is 4.84 Å². The van der Waals surface area contributed by atoms with E-state index in [9.17, 15) is 8.78 Å². The van der Waals surface area contributed by atoms with Gasteiger partial charge in [-0.1, -0.05) is 11.1 Å². The number of piperidine rings is 1. The number of nitrogens with zero attached hydrogens (tertiary/aromatic N) is 2. The summed E-state index contributed by atoms with van der Waals surface area (Å²) in [4.78, 5) is 10.2. The molecule has 0 aliphatic carbocycles. The highest BCUT2D eigenvalue weighted by molar-refractivity contribution is 7.10. The van der Waals surface area contributed by atoms with Gasteiger partial charge in [0.2, 0.25) is 0 Å². The Bertz CT molecular complexity index is 932. The summed E-state index contributed by atoms with van der Waals surface area (Å²) >= 11 is 1.61.